The zero-order valence-electron chi connectivity index (χ0n) is 14.3. The van der Waals surface area contributed by atoms with Crippen molar-refractivity contribution in [2.75, 3.05) is 0 Å². The molecule has 2 aliphatic carbocycles. The molecule has 7 heteroatoms. The molecule has 1 aromatic carbocycles. The zero-order valence-corrected chi connectivity index (χ0v) is 14.3. The molecule has 1 heterocycles. The molecular formula is C19H22F2N2O3. The van der Waals surface area contributed by atoms with E-state index >= 15 is 0 Å². The van der Waals surface area contributed by atoms with Crippen LogP contribution in [-0.2, 0) is 16.0 Å². The highest BCUT2D eigenvalue weighted by molar-refractivity contribution is 5.97. The van der Waals surface area contributed by atoms with Gasteiger partial charge in [-0.15, -0.1) is 0 Å². The lowest BCUT2D eigenvalue weighted by molar-refractivity contribution is -0.142. The third-order valence-electron chi connectivity index (χ3n) is 6.08. The molecule has 2 saturated carbocycles. The number of amides is 2. The maximum absolute atomic E-state index is 12.4. The molecule has 1 spiro atoms. The van der Waals surface area contributed by atoms with E-state index in [0.29, 0.717) is 11.8 Å². The van der Waals surface area contributed by atoms with Crippen LogP contribution >= 0.6 is 0 Å². The minimum atomic E-state index is -2.87. The van der Waals surface area contributed by atoms with Gasteiger partial charge in [0.15, 0.2) is 0 Å². The molecule has 1 aromatic rings. The zero-order chi connectivity index (χ0) is 18.3. The predicted octanol–water partition coefficient (Wildman–Crippen LogP) is 2.39. The van der Waals surface area contributed by atoms with Gasteiger partial charge in [0.05, 0.1) is 0 Å². The number of ether oxygens (including phenoxy) is 1. The van der Waals surface area contributed by atoms with Crippen LogP contribution in [0.25, 0.3) is 0 Å². The largest absolute Gasteiger partial charge is 0.435 e. The summed E-state index contributed by atoms with van der Waals surface area (Å²) in [5, 5.41) is 5.71. The Kier molecular flexibility index (Phi) is 4.32. The van der Waals surface area contributed by atoms with Gasteiger partial charge in [-0.2, -0.15) is 8.78 Å². The highest BCUT2D eigenvalue weighted by atomic mass is 19.3. The Bertz CT molecular complexity index is 695. The standard InChI is InChI=1S/C19H22F2N2O3/c20-18(21)26-13-4-2-11(3-5-13)8-14-16(24)23-15(17(25)22-14)12-9-19(10-12)6-1-7-19/h2-5,12,14-15,18H,1,6-10H2,(H,22,25)(H,23,24). The Hall–Kier alpha value is -2.18. The highest BCUT2D eigenvalue weighted by Gasteiger charge is 2.53. The fourth-order valence-corrected chi connectivity index (χ4v) is 4.54. The number of piperazine rings is 1. The van der Waals surface area contributed by atoms with Crippen LogP contribution < -0.4 is 15.4 Å². The number of carbonyl (C=O) groups is 2. The van der Waals surface area contributed by atoms with Crippen molar-refractivity contribution in [1.29, 1.82) is 0 Å². The summed E-state index contributed by atoms with van der Waals surface area (Å²) in [4.78, 5) is 24.8. The van der Waals surface area contributed by atoms with Crippen LogP contribution in [-0.4, -0.2) is 30.5 Å². The molecule has 3 aliphatic rings. The third kappa shape index (κ3) is 3.27. The van der Waals surface area contributed by atoms with E-state index in [4.69, 9.17) is 0 Å². The summed E-state index contributed by atoms with van der Waals surface area (Å²) in [5.74, 6) is 0.00493. The van der Waals surface area contributed by atoms with E-state index < -0.39 is 18.7 Å². The van der Waals surface area contributed by atoms with Crippen LogP contribution in [0.5, 0.6) is 5.75 Å². The number of halogens is 2. The minimum absolute atomic E-state index is 0.0656. The first-order valence-electron chi connectivity index (χ1n) is 9.09. The maximum atomic E-state index is 12.4. The van der Waals surface area contributed by atoms with E-state index in [1.165, 1.54) is 31.4 Å². The molecule has 1 aliphatic heterocycles. The Morgan fingerprint density at radius 3 is 2.35 bits per heavy atom. The van der Waals surface area contributed by atoms with Crippen molar-refractivity contribution in [3.05, 3.63) is 29.8 Å². The lowest BCUT2D eigenvalue weighted by atomic mass is 9.50. The van der Waals surface area contributed by atoms with Crippen LogP contribution in [0.3, 0.4) is 0 Å². The number of benzene rings is 1. The monoisotopic (exact) mass is 364 g/mol. The summed E-state index contributed by atoms with van der Waals surface area (Å²) in [6.45, 7) is -2.87. The van der Waals surface area contributed by atoms with Crippen molar-refractivity contribution in [2.24, 2.45) is 11.3 Å². The quantitative estimate of drug-likeness (QED) is 0.843. The predicted molar refractivity (Wildman–Crippen MR) is 89.6 cm³/mol. The topological polar surface area (TPSA) is 67.4 Å². The van der Waals surface area contributed by atoms with Crippen molar-refractivity contribution in [3.63, 3.8) is 0 Å². The Morgan fingerprint density at radius 2 is 1.77 bits per heavy atom. The molecule has 140 valence electrons. The molecule has 0 radical (unpaired) electrons. The number of alkyl halides is 2. The highest BCUT2D eigenvalue weighted by Crippen LogP contribution is 2.59. The Labute approximate surface area is 150 Å². The summed E-state index contributed by atoms with van der Waals surface area (Å²) < 4.78 is 28.7. The van der Waals surface area contributed by atoms with Crippen LogP contribution in [0, 0.1) is 11.3 Å². The van der Waals surface area contributed by atoms with Gasteiger partial charge in [-0.3, -0.25) is 9.59 Å². The number of nitrogens with one attached hydrogen (secondary N) is 2. The summed E-state index contributed by atoms with van der Waals surface area (Å²) in [5.41, 5.74) is 1.22. The number of carbonyl (C=O) groups excluding carboxylic acids is 2. The van der Waals surface area contributed by atoms with Crippen molar-refractivity contribution >= 4 is 11.8 Å². The first-order chi connectivity index (χ1) is 12.4. The summed E-state index contributed by atoms with van der Waals surface area (Å²) >= 11 is 0. The van der Waals surface area contributed by atoms with Gasteiger partial charge >= 0.3 is 6.61 Å². The van der Waals surface area contributed by atoms with Gasteiger partial charge < -0.3 is 15.4 Å². The molecule has 2 unspecified atom stereocenters. The fourth-order valence-electron chi connectivity index (χ4n) is 4.54. The molecule has 3 fully saturated rings. The maximum Gasteiger partial charge on any atom is 0.387 e. The smallest absolute Gasteiger partial charge is 0.387 e. The van der Waals surface area contributed by atoms with Crippen molar-refractivity contribution < 1.29 is 23.1 Å². The van der Waals surface area contributed by atoms with E-state index in [0.717, 1.165) is 18.4 Å². The minimum Gasteiger partial charge on any atom is -0.435 e. The molecule has 4 rings (SSSR count). The number of hydrogen-bond acceptors (Lipinski definition) is 3. The second-order valence-electron chi connectivity index (χ2n) is 7.80. The molecule has 2 N–H and O–H groups in total. The van der Waals surface area contributed by atoms with Gasteiger partial charge in [-0.1, -0.05) is 18.6 Å². The summed E-state index contributed by atoms with van der Waals surface area (Å²) in [7, 11) is 0. The van der Waals surface area contributed by atoms with Crippen molar-refractivity contribution in [3.8, 4) is 5.75 Å². The van der Waals surface area contributed by atoms with Gasteiger partial charge in [-0.05, 0) is 54.7 Å². The molecule has 5 nitrogen and oxygen atoms in total. The lowest BCUT2D eigenvalue weighted by Gasteiger charge is -2.56. The number of hydrogen-bond donors (Lipinski definition) is 2. The van der Waals surface area contributed by atoms with Gasteiger partial charge in [0.25, 0.3) is 0 Å². The van der Waals surface area contributed by atoms with Crippen LogP contribution in [0.4, 0.5) is 8.78 Å². The second kappa shape index (κ2) is 6.52. The molecule has 2 amide bonds. The third-order valence-corrected chi connectivity index (χ3v) is 6.08. The van der Waals surface area contributed by atoms with Gasteiger partial charge in [-0.25, -0.2) is 0 Å². The molecular weight excluding hydrogens is 342 g/mol. The lowest BCUT2D eigenvalue weighted by Crippen LogP contribution is -2.66. The molecule has 0 bridgehead atoms. The SMILES string of the molecule is O=C1NC(C2CC3(CCC3)C2)C(=O)NC1Cc1ccc(OC(F)F)cc1. The van der Waals surface area contributed by atoms with E-state index in [-0.39, 0.29) is 23.5 Å². The van der Waals surface area contributed by atoms with Crippen molar-refractivity contribution in [1.82, 2.24) is 10.6 Å². The van der Waals surface area contributed by atoms with Crippen LogP contribution in [0.1, 0.15) is 37.7 Å². The summed E-state index contributed by atoms with van der Waals surface area (Å²) in [6, 6.07) is 5.04. The van der Waals surface area contributed by atoms with Crippen LogP contribution in [0.2, 0.25) is 0 Å². The summed E-state index contributed by atoms with van der Waals surface area (Å²) in [6.07, 6.45) is 6.15. The molecule has 1 saturated heterocycles. The second-order valence-corrected chi connectivity index (χ2v) is 7.80. The molecule has 26 heavy (non-hydrogen) atoms. The number of rotatable bonds is 5. The average molecular weight is 364 g/mol. The first kappa shape index (κ1) is 17.2. The van der Waals surface area contributed by atoms with Gasteiger partial charge in [0, 0.05) is 6.42 Å². The van der Waals surface area contributed by atoms with Crippen LogP contribution in [0.15, 0.2) is 24.3 Å². The van der Waals surface area contributed by atoms with Gasteiger partial charge in [0.2, 0.25) is 11.8 Å². The van der Waals surface area contributed by atoms with E-state index in [9.17, 15) is 18.4 Å². The van der Waals surface area contributed by atoms with E-state index in [1.54, 1.807) is 12.1 Å². The van der Waals surface area contributed by atoms with Crippen molar-refractivity contribution in [2.45, 2.75) is 57.2 Å². The molecule has 2 atom stereocenters. The average Bonchev–Trinajstić information content (AvgIpc) is 2.50. The normalized spacial score (nSPS) is 27.5. The molecule has 0 aromatic heterocycles. The van der Waals surface area contributed by atoms with E-state index in [2.05, 4.69) is 15.4 Å². The van der Waals surface area contributed by atoms with Gasteiger partial charge in [0.1, 0.15) is 17.8 Å². The first-order valence-corrected chi connectivity index (χ1v) is 9.09. The fraction of sp³-hybridized carbons (Fsp3) is 0.579. The Balaban J connectivity index is 1.33. The Morgan fingerprint density at radius 1 is 1.08 bits per heavy atom. The van der Waals surface area contributed by atoms with E-state index in [1.807, 2.05) is 0 Å².